The van der Waals surface area contributed by atoms with Gasteiger partial charge in [-0.1, -0.05) is 6.07 Å². The van der Waals surface area contributed by atoms with Crippen molar-refractivity contribution in [1.29, 1.82) is 0 Å². The van der Waals surface area contributed by atoms with E-state index in [1.54, 1.807) is 6.20 Å². The Bertz CT molecular complexity index is 581. The summed E-state index contributed by atoms with van der Waals surface area (Å²) in [5.74, 6) is 0. The lowest BCUT2D eigenvalue weighted by molar-refractivity contribution is -0.0405. The van der Waals surface area contributed by atoms with Crippen molar-refractivity contribution in [3.8, 4) is 0 Å². The van der Waals surface area contributed by atoms with Crippen molar-refractivity contribution >= 4 is 6.03 Å². The summed E-state index contributed by atoms with van der Waals surface area (Å²) in [5, 5.41) is 0. The first-order chi connectivity index (χ1) is 12.2. The third-order valence-corrected chi connectivity index (χ3v) is 5.69. The highest BCUT2D eigenvalue weighted by molar-refractivity contribution is 5.74. The molecule has 3 aliphatic rings. The summed E-state index contributed by atoms with van der Waals surface area (Å²) in [6, 6.07) is 6.08. The molecular weight excluding hydrogens is 318 g/mol. The van der Waals surface area contributed by atoms with E-state index in [0.29, 0.717) is 13.2 Å². The number of hydrogen-bond acceptors (Lipinski definition) is 4. The highest BCUT2D eigenvalue weighted by Gasteiger charge is 2.44. The van der Waals surface area contributed by atoms with Gasteiger partial charge in [-0.05, 0) is 37.8 Å². The van der Waals surface area contributed by atoms with Crippen LogP contribution in [0.15, 0.2) is 24.4 Å². The number of hydrogen-bond donors (Lipinski definition) is 0. The standard InChI is InChI=1S/C19H27N3O3/c23-18(21-9-3-4-10-21)22-11-6-19(7-12-22)13-17(15-25-19)24-14-16-5-1-2-8-20-16/h1-2,5,8,17H,3-4,6-7,9-15H2. The van der Waals surface area contributed by atoms with E-state index < -0.39 is 0 Å². The first-order valence-corrected chi connectivity index (χ1v) is 9.43. The van der Waals surface area contributed by atoms with E-state index in [0.717, 1.165) is 64.0 Å². The summed E-state index contributed by atoms with van der Waals surface area (Å²) in [6.45, 7) is 4.60. The van der Waals surface area contributed by atoms with Gasteiger partial charge < -0.3 is 19.3 Å². The second-order valence-corrected chi connectivity index (χ2v) is 7.42. The quantitative estimate of drug-likeness (QED) is 0.844. The molecule has 4 heterocycles. The topological polar surface area (TPSA) is 54.9 Å². The highest BCUT2D eigenvalue weighted by atomic mass is 16.6. The lowest BCUT2D eigenvalue weighted by Crippen LogP contribution is -2.50. The van der Waals surface area contributed by atoms with Crippen LogP contribution in [0.1, 0.15) is 37.8 Å². The van der Waals surface area contributed by atoms with Gasteiger partial charge in [0.05, 0.1) is 30.6 Å². The molecule has 1 unspecified atom stereocenters. The molecule has 0 radical (unpaired) electrons. The third kappa shape index (κ3) is 3.80. The number of aromatic nitrogens is 1. The van der Waals surface area contributed by atoms with Crippen molar-refractivity contribution in [2.75, 3.05) is 32.8 Å². The molecule has 1 spiro atoms. The second-order valence-electron chi connectivity index (χ2n) is 7.42. The number of carbonyl (C=O) groups excluding carboxylic acids is 1. The molecule has 6 nitrogen and oxygen atoms in total. The number of ether oxygens (including phenoxy) is 2. The predicted octanol–water partition coefficient (Wildman–Crippen LogP) is 2.44. The zero-order chi connectivity index (χ0) is 17.1. The second kappa shape index (κ2) is 7.30. The van der Waals surface area contributed by atoms with E-state index >= 15 is 0 Å². The molecule has 136 valence electrons. The molecule has 25 heavy (non-hydrogen) atoms. The van der Waals surface area contributed by atoms with E-state index in [1.165, 1.54) is 0 Å². The largest absolute Gasteiger partial charge is 0.372 e. The first kappa shape index (κ1) is 16.8. The number of amides is 2. The fraction of sp³-hybridized carbons (Fsp3) is 0.684. The SMILES string of the molecule is O=C(N1CCCC1)N1CCC2(CC1)CC(OCc1ccccn1)CO2. The Morgan fingerprint density at radius 2 is 1.96 bits per heavy atom. The van der Waals surface area contributed by atoms with Gasteiger partial charge in [-0.25, -0.2) is 4.79 Å². The molecule has 0 aromatic carbocycles. The molecule has 6 heteroatoms. The van der Waals surface area contributed by atoms with Gasteiger partial charge in [-0.3, -0.25) is 4.98 Å². The van der Waals surface area contributed by atoms with Gasteiger partial charge in [-0.15, -0.1) is 0 Å². The molecule has 3 aliphatic heterocycles. The van der Waals surface area contributed by atoms with Crippen LogP contribution in [0.25, 0.3) is 0 Å². The fourth-order valence-electron chi connectivity index (χ4n) is 4.16. The zero-order valence-electron chi connectivity index (χ0n) is 14.7. The summed E-state index contributed by atoms with van der Waals surface area (Å²) >= 11 is 0. The molecule has 1 atom stereocenters. The van der Waals surface area contributed by atoms with Crippen LogP contribution < -0.4 is 0 Å². The van der Waals surface area contributed by atoms with E-state index in [2.05, 4.69) is 4.98 Å². The lowest BCUT2D eigenvalue weighted by Gasteiger charge is -2.39. The number of likely N-dealkylation sites (tertiary alicyclic amines) is 2. The minimum absolute atomic E-state index is 0.101. The van der Waals surface area contributed by atoms with Crippen molar-refractivity contribution in [2.24, 2.45) is 0 Å². The smallest absolute Gasteiger partial charge is 0.320 e. The minimum atomic E-state index is -0.101. The average Bonchev–Trinajstić information content (AvgIpc) is 3.32. The van der Waals surface area contributed by atoms with Crippen LogP contribution in [0.5, 0.6) is 0 Å². The van der Waals surface area contributed by atoms with Crippen LogP contribution in [0.3, 0.4) is 0 Å². The number of urea groups is 1. The van der Waals surface area contributed by atoms with Crippen LogP contribution in [-0.2, 0) is 16.1 Å². The average molecular weight is 345 g/mol. The van der Waals surface area contributed by atoms with Crippen LogP contribution in [0.2, 0.25) is 0 Å². The van der Waals surface area contributed by atoms with Gasteiger partial charge in [-0.2, -0.15) is 0 Å². The lowest BCUT2D eigenvalue weighted by atomic mass is 9.88. The summed E-state index contributed by atoms with van der Waals surface area (Å²) in [7, 11) is 0. The predicted molar refractivity (Wildman–Crippen MR) is 93.1 cm³/mol. The number of pyridine rings is 1. The maximum atomic E-state index is 12.5. The van der Waals surface area contributed by atoms with Gasteiger partial charge in [0.1, 0.15) is 0 Å². The van der Waals surface area contributed by atoms with Crippen molar-refractivity contribution in [1.82, 2.24) is 14.8 Å². The van der Waals surface area contributed by atoms with Crippen molar-refractivity contribution < 1.29 is 14.3 Å². The molecule has 4 rings (SSSR count). The summed E-state index contributed by atoms with van der Waals surface area (Å²) in [5.41, 5.74) is 0.853. The highest BCUT2D eigenvalue weighted by Crippen LogP contribution is 2.37. The van der Waals surface area contributed by atoms with Crippen molar-refractivity contribution in [2.45, 2.75) is 50.4 Å². The molecule has 3 saturated heterocycles. The molecule has 0 N–H and O–H groups in total. The number of carbonyl (C=O) groups is 1. The van der Waals surface area contributed by atoms with Gasteiger partial charge in [0.2, 0.25) is 0 Å². The molecule has 0 aliphatic carbocycles. The molecular formula is C19H27N3O3. The third-order valence-electron chi connectivity index (χ3n) is 5.69. The number of piperidine rings is 1. The maximum Gasteiger partial charge on any atom is 0.320 e. The Hall–Kier alpha value is -1.66. The molecule has 0 bridgehead atoms. The Balaban J connectivity index is 1.25. The van der Waals surface area contributed by atoms with Gasteiger partial charge in [0.15, 0.2) is 0 Å². The van der Waals surface area contributed by atoms with E-state index in [1.807, 2.05) is 28.0 Å². The van der Waals surface area contributed by atoms with Crippen LogP contribution in [-0.4, -0.2) is 65.3 Å². The zero-order valence-corrected chi connectivity index (χ0v) is 14.7. The Kier molecular flexibility index (Phi) is 4.90. The molecule has 3 fully saturated rings. The Labute approximate surface area is 149 Å². The van der Waals surface area contributed by atoms with Crippen molar-refractivity contribution in [3.63, 3.8) is 0 Å². The minimum Gasteiger partial charge on any atom is -0.372 e. The fourth-order valence-corrected chi connectivity index (χ4v) is 4.16. The van der Waals surface area contributed by atoms with E-state index in [9.17, 15) is 4.79 Å². The van der Waals surface area contributed by atoms with Crippen LogP contribution >= 0.6 is 0 Å². The Morgan fingerprint density at radius 3 is 2.68 bits per heavy atom. The number of rotatable bonds is 3. The first-order valence-electron chi connectivity index (χ1n) is 9.43. The Morgan fingerprint density at radius 1 is 1.20 bits per heavy atom. The monoisotopic (exact) mass is 345 g/mol. The van der Waals surface area contributed by atoms with Gasteiger partial charge in [0.25, 0.3) is 0 Å². The molecule has 2 amide bonds. The van der Waals surface area contributed by atoms with Gasteiger partial charge >= 0.3 is 6.03 Å². The van der Waals surface area contributed by atoms with Crippen molar-refractivity contribution in [3.05, 3.63) is 30.1 Å². The molecule has 1 aromatic rings. The maximum absolute atomic E-state index is 12.5. The normalized spacial score (nSPS) is 25.7. The van der Waals surface area contributed by atoms with Gasteiger partial charge in [0, 0.05) is 38.8 Å². The van der Waals surface area contributed by atoms with Crippen LogP contribution in [0.4, 0.5) is 4.79 Å². The molecule has 0 saturated carbocycles. The van der Waals surface area contributed by atoms with Crippen LogP contribution in [0, 0.1) is 0 Å². The van der Waals surface area contributed by atoms with E-state index in [4.69, 9.17) is 9.47 Å². The number of nitrogens with zero attached hydrogens (tertiary/aromatic N) is 3. The molecule has 1 aromatic heterocycles. The summed E-state index contributed by atoms with van der Waals surface area (Å²) < 4.78 is 12.1. The summed E-state index contributed by atoms with van der Waals surface area (Å²) in [6.07, 6.45) is 6.95. The van der Waals surface area contributed by atoms with E-state index in [-0.39, 0.29) is 17.7 Å². The summed E-state index contributed by atoms with van der Waals surface area (Å²) in [4.78, 5) is 20.8.